The normalized spacial score (nSPS) is 20.0. The van der Waals surface area contributed by atoms with Crippen LogP contribution in [0.15, 0.2) is 0 Å². The Balaban J connectivity index is 3.46. The van der Waals surface area contributed by atoms with Crippen molar-refractivity contribution in [2.75, 3.05) is 12.5 Å². The van der Waals surface area contributed by atoms with Crippen LogP contribution < -0.4 is 0 Å². The molecule has 0 aliphatic carbocycles. The quantitative estimate of drug-likeness (QED) is 0.313. The second-order valence-corrected chi connectivity index (χ2v) is 4.00. The zero-order valence-corrected chi connectivity index (χ0v) is 7.43. The Hall–Kier alpha value is 0.400. The van der Waals surface area contributed by atoms with Gasteiger partial charge in [-0.25, -0.2) is 4.89 Å². The summed E-state index contributed by atoms with van der Waals surface area (Å²) in [6, 6.07) is 0. The van der Waals surface area contributed by atoms with E-state index in [1.165, 1.54) is 0 Å². The van der Waals surface area contributed by atoms with Gasteiger partial charge in [0.05, 0.1) is 5.88 Å². The van der Waals surface area contributed by atoms with E-state index in [9.17, 15) is 4.57 Å². The molecule has 0 amide bonds. The summed E-state index contributed by atoms with van der Waals surface area (Å²) in [5.41, 5.74) is 0. The van der Waals surface area contributed by atoms with Crippen molar-refractivity contribution in [3.8, 4) is 0 Å². The molecule has 0 radical (unpaired) electrons. The molecule has 0 aliphatic heterocycles. The van der Waals surface area contributed by atoms with Gasteiger partial charge < -0.3 is 4.89 Å². The minimum absolute atomic E-state index is 0.222. The van der Waals surface area contributed by atoms with Gasteiger partial charge in [-0.05, 0) is 6.92 Å². The first-order valence-corrected chi connectivity index (χ1v) is 5.23. The third-order valence-corrected chi connectivity index (χ3v) is 1.36. The third-order valence-electron chi connectivity index (χ3n) is 0.563. The van der Waals surface area contributed by atoms with E-state index in [2.05, 4.69) is 9.56 Å². The van der Waals surface area contributed by atoms with Crippen LogP contribution in [0.1, 0.15) is 6.92 Å². The van der Waals surface area contributed by atoms with Crippen molar-refractivity contribution < 1.29 is 19.0 Å². The van der Waals surface area contributed by atoms with Crippen LogP contribution in [-0.2, 0) is 14.1 Å². The van der Waals surface area contributed by atoms with Gasteiger partial charge in [0, 0.05) is 6.66 Å². The molecule has 62 valence electrons. The molecule has 0 aromatic carbocycles. The Labute approximate surface area is 64.6 Å². The fourth-order valence-electron chi connectivity index (χ4n) is 0.179. The maximum absolute atomic E-state index is 10.4. The second kappa shape index (κ2) is 4.31. The van der Waals surface area contributed by atoms with E-state index in [0.717, 1.165) is 6.66 Å². The van der Waals surface area contributed by atoms with E-state index in [1.807, 2.05) is 0 Å². The Morgan fingerprint density at radius 1 is 1.80 bits per heavy atom. The molecule has 0 bridgehead atoms. The molecule has 0 saturated carbocycles. The predicted octanol–water partition coefficient (Wildman–Crippen LogP) is 1.38. The van der Waals surface area contributed by atoms with Gasteiger partial charge in [0.25, 0.3) is 0 Å². The van der Waals surface area contributed by atoms with E-state index < -0.39 is 7.60 Å². The lowest BCUT2D eigenvalue weighted by Gasteiger charge is -2.09. The molecule has 0 aromatic heterocycles. The molecule has 4 nitrogen and oxygen atoms in total. The minimum atomic E-state index is -3.51. The van der Waals surface area contributed by atoms with Gasteiger partial charge in [-0.3, -0.25) is 4.57 Å². The summed E-state index contributed by atoms with van der Waals surface area (Å²) in [4.78, 5) is 12.9. The molecule has 1 N–H and O–H groups in total. The lowest BCUT2D eigenvalue weighted by Crippen LogP contribution is -2.08. The lowest BCUT2D eigenvalue weighted by molar-refractivity contribution is -0.238. The highest BCUT2D eigenvalue weighted by molar-refractivity contribution is 7.51. The van der Waals surface area contributed by atoms with Crippen molar-refractivity contribution in [2.45, 2.75) is 13.0 Å². The molecule has 0 fully saturated rings. The third kappa shape index (κ3) is 6.52. The SMILES string of the molecule is C[C@@H](CCl)OOP(C)(=O)O. The van der Waals surface area contributed by atoms with Crippen molar-refractivity contribution in [3.63, 3.8) is 0 Å². The first-order chi connectivity index (χ1) is 4.45. The molecule has 6 heteroatoms. The Morgan fingerprint density at radius 3 is 2.60 bits per heavy atom. The molecular weight excluding hydrogens is 178 g/mol. The highest BCUT2D eigenvalue weighted by Gasteiger charge is 2.13. The summed E-state index contributed by atoms with van der Waals surface area (Å²) >= 11 is 5.30. The van der Waals surface area contributed by atoms with Gasteiger partial charge in [0.1, 0.15) is 6.10 Å². The zero-order chi connectivity index (χ0) is 8.20. The van der Waals surface area contributed by atoms with Crippen molar-refractivity contribution >= 4 is 19.2 Å². The van der Waals surface area contributed by atoms with Gasteiger partial charge in [0.2, 0.25) is 0 Å². The van der Waals surface area contributed by atoms with Crippen molar-refractivity contribution in [2.24, 2.45) is 0 Å². The van der Waals surface area contributed by atoms with Crippen LogP contribution in [0.25, 0.3) is 0 Å². The van der Waals surface area contributed by atoms with Crippen LogP contribution in [0.5, 0.6) is 0 Å². The van der Waals surface area contributed by atoms with Crippen molar-refractivity contribution in [3.05, 3.63) is 0 Å². The van der Waals surface area contributed by atoms with Crippen molar-refractivity contribution in [1.29, 1.82) is 0 Å². The molecule has 0 rings (SSSR count). The Bertz CT molecular complexity index is 133. The van der Waals surface area contributed by atoms with Crippen LogP contribution in [-0.4, -0.2) is 23.5 Å². The Morgan fingerprint density at radius 2 is 2.30 bits per heavy atom. The summed E-state index contributed by atoms with van der Waals surface area (Å²) in [7, 11) is -3.51. The van der Waals surface area contributed by atoms with Crippen LogP contribution in [0, 0.1) is 0 Å². The highest BCUT2D eigenvalue weighted by Crippen LogP contribution is 2.37. The van der Waals surface area contributed by atoms with Crippen LogP contribution >= 0.6 is 19.2 Å². The number of halogens is 1. The average Bonchev–Trinajstić information content (AvgIpc) is 1.81. The first kappa shape index (κ1) is 10.4. The fourth-order valence-corrected chi connectivity index (χ4v) is 0.537. The molecule has 0 aromatic rings. The first-order valence-electron chi connectivity index (χ1n) is 2.67. The van der Waals surface area contributed by atoms with Gasteiger partial charge in [-0.15, -0.1) is 16.3 Å². The smallest absolute Gasteiger partial charge is 0.323 e. The van der Waals surface area contributed by atoms with E-state index in [1.54, 1.807) is 6.92 Å². The Kier molecular flexibility index (Phi) is 4.49. The molecule has 2 atom stereocenters. The molecule has 10 heavy (non-hydrogen) atoms. The molecule has 0 heterocycles. The summed E-state index contributed by atoms with van der Waals surface area (Å²) in [6.45, 7) is 2.66. The van der Waals surface area contributed by atoms with E-state index in [-0.39, 0.29) is 12.0 Å². The van der Waals surface area contributed by atoms with E-state index in [0.29, 0.717) is 0 Å². The zero-order valence-electron chi connectivity index (χ0n) is 5.78. The van der Waals surface area contributed by atoms with Gasteiger partial charge >= 0.3 is 7.60 Å². The summed E-state index contributed by atoms with van der Waals surface area (Å²) in [6.07, 6.45) is -0.373. The number of alkyl halides is 1. The highest BCUT2D eigenvalue weighted by atomic mass is 35.5. The van der Waals surface area contributed by atoms with Gasteiger partial charge in [-0.1, -0.05) is 0 Å². The number of hydrogen-bond donors (Lipinski definition) is 1. The summed E-state index contributed by atoms with van der Waals surface area (Å²) in [5.74, 6) is 0.222. The van der Waals surface area contributed by atoms with Crippen LogP contribution in [0.3, 0.4) is 0 Å². The number of rotatable bonds is 4. The summed E-state index contributed by atoms with van der Waals surface area (Å²) in [5, 5.41) is 0. The monoisotopic (exact) mass is 188 g/mol. The van der Waals surface area contributed by atoms with Gasteiger partial charge in [0.15, 0.2) is 0 Å². The lowest BCUT2D eigenvalue weighted by atomic mass is 10.5. The van der Waals surface area contributed by atoms with E-state index in [4.69, 9.17) is 16.5 Å². The fraction of sp³-hybridized carbons (Fsp3) is 1.00. The summed E-state index contributed by atoms with van der Waals surface area (Å²) < 4.78 is 14.5. The van der Waals surface area contributed by atoms with E-state index >= 15 is 0 Å². The van der Waals surface area contributed by atoms with Crippen LogP contribution in [0.4, 0.5) is 0 Å². The molecule has 0 spiro atoms. The standard InChI is InChI=1S/C4H10ClO4P/c1-4(3-5)8-9-10(2,6)7/h4H,3H2,1-2H3,(H,6,7)/t4-/m0/s1. The topological polar surface area (TPSA) is 55.8 Å². The molecule has 1 unspecified atom stereocenters. The second-order valence-electron chi connectivity index (χ2n) is 1.94. The van der Waals surface area contributed by atoms with Gasteiger partial charge in [-0.2, -0.15) is 0 Å². The maximum Gasteiger partial charge on any atom is 0.352 e. The number of hydrogen-bond acceptors (Lipinski definition) is 3. The average molecular weight is 189 g/mol. The van der Waals surface area contributed by atoms with Crippen LogP contribution in [0.2, 0.25) is 0 Å². The molecule has 0 saturated heterocycles. The maximum atomic E-state index is 10.4. The minimum Gasteiger partial charge on any atom is -0.323 e. The largest absolute Gasteiger partial charge is 0.352 e. The van der Waals surface area contributed by atoms with Crippen molar-refractivity contribution in [1.82, 2.24) is 0 Å². The molecular formula is C4H10ClO4P. The predicted molar refractivity (Wildman–Crippen MR) is 38.1 cm³/mol. The molecule has 0 aliphatic rings.